The zero-order valence-electron chi connectivity index (χ0n) is 19.2. The lowest BCUT2D eigenvalue weighted by Gasteiger charge is -2.17. The smallest absolute Gasteiger partial charge is 0.339 e. The molecule has 174 valence electrons. The SMILES string of the molecule is COc1ccc(-n2c(-c3ccccc3O)nc(-c3ccccc3O)c2CC(C)C)cc1C(=O)O. The summed E-state index contributed by atoms with van der Waals surface area (Å²) in [5.74, 6) is -0.0772. The van der Waals surface area contributed by atoms with Crippen LogP contribution in [-0.2, 0) is 6.42 Å². The van der Waals surface area contributed by atoms with E-state index in [4.69, 9.17) is 9.72 Å². The number of benzene rings is 3. The Balaban J connectivity index is 2.10. The second kappa shape index (κ2) is 9.31. The Kier molecular flexibility index (Phi) is 6.27. The highest BCUT2D eigenvalue weighted by Gasteiger charge is 2.25. The molecule has 0 aliphatic heterocycles. The van der Waals surface area contributed by atoms with Gasteiger partial charge >= 0.3 is 5.97 Å². The highest BCUT2D eigenvalue weighted by Crippen LogP contribution is 2.39. The Morgan fingerprint density at radius 3 is 2.15 bits per heavy atom. The van der Waals surface area contributed by atoms with Crippen molar-refractivity contribution < 1.29 is 24.9 Å². The molecule has 0 bridgehead atoms. The molecular formula is C27H26N2O5. The number of methoxy groups -OCH3 is 1. The van der Waals surface area contributed by atoms with Crippen molar-refractivity contribution in [2.24, 2.45) is 5.92 Å². The Morgan fingerprint density at radius 2 is 1.59 bits per heavy atom. The number of hydrogen-bond donors (Lipinski definition) is 3. The summed E-state index contributed by atoms with van der Waals surface area (Å²) in [6.45, 7) is 4.14. The van der Waals surface area contributed by atoms with Crippen LogP contribution >= 0.6 is 0 Å². The normalized spacial score (nSPS) is 11.1. The molecule has 0 amide bonds. The number of imidazole rings is 1. The predicted molar refractivity (Wildman–Crippen MR) is 130 cm³/mol. The van der Waals surface area contributed by atoms with Crippen LogP contribution in [0.2, 0.25) is 0 Å². The maximum Gasteiger partial charge on any atom is 0.339 e. The van der Waals surface area contributed by atoms with Gasteiger partial charge in [0.1, 0.15) is 28.6 Å². The Hall–Kier alpha value is -4.26. The maximum absolute atomic E-state index is 11.9. The minimum atomic E-state index is -1.12. The second-order valence-electron chi connectivity index (χ2n) is 8.39. The van der Waals surface area contributed by atoms with Crippen LogP contribution in [-0.4, -0.2) is 37.9 Å². The van der Waals surface area contributed by atoms with Gasteiger partial charge in [-0.05, 0) is 54.8 Å². The number of carboxylic acids is 1. The third kappa shape index (κ3) is 4.20. The van der Waals surface area contributed by atoms with Gasteiger partial charge in [0.15, 0.2) is 0 Å². The van der Waals surface area contributed by atoms with Gasteiger partial charge in [-0.15, -0.1) is 0 Å². The first-order chi connectivity index (χ1) is 16.3. The van der Waals surface area contributed by atoms with E-state index in [1.54, 1.807) is 54.6 Å². The summed E-state index contributed by atoms with van der Waals surface area (Å²) in [4.78, 5) is 16.8. The third-order valence-electron chi connectivity index (χ3n) is 5.55. The van der Waals surface area contributed by atoms with Gasteiger partial charge in [0, 0.05) is 11.3 Å². The summed E-state index contributed by atoms with van der Waals surface area (Å²) in [6, 6.07) is 18.7. The molecule has 1 aromatic heterocycles. The number of carbonyl (C=O) groups is 1. The number of aromatic hydroxyl groups is 2. The van der Waals surface area contributed by atoms with Crippen LogP contribution in [0, 0.1) is 5.92 Å². The Morgan fingerprint density at radius 1 is 0.971 bits per heavy atom. The van der Waals surface area contributed by atoms with Crippen molar-refractivity contribution >= 4 is 5.97 Å². The standard InChI is InChI=1S/C27H26N2O5/c1-16(2)14-21-25(18-8-4-6-10-22(18)30)28-26(19-9-5-7-11-23(19)31)29(21)17-12-13-24(34-3)20(15-17)27(32)33/h4-13,15-16,30-31H,14H2,1-3H3,(H,32,33). The molecule has 0 saturated carbocycles. The number of rotatable bonds is 7. The number of nitrogens with zero attached hydrogens (tertiary/aromatic N) is 2. The largest absolute Gasteiger partial charge is 0.507 e. The summed E-state index contributed by atoms with van der Waals surface area (Å²) in [6.07, 6.45) is 0.596. The van der Waals surface area contributed by atoms with E-state index in [1.807, 2.05) is 10.6 Å². The Labute approximate surface area is 197 Å². The zero-order chi connectivity index (χ0) is 24.4. The van der Waals surface area contributed by atoms with E-state index in [0.29, 0.717) is 34.8 Å². The van der Waals surface area contributed by atoms with Crippen LogP contribution in [0.15, 0.2) is 66.7 Å². The molecule has 1 heterocycles. The number of carboxylic acid groups (broad SMARTS) is 1. The molecule has 0 aliphatic rings. The van der Waals surface area contributed by atoms with Crippen LogP contribution < -0.4 is 4.74 Å². The molecule has 4 rings (SSSR count). The minimum absolute atomic E-state index is 0.0107. The van der Waals surface area contributed by atoms with Gasteiger partial charge in [0.25, 0.3) is 0 Å². The van der Waals surface area contributed by atoms with Gasteiger partial charge in [-0.2, -0.15) is 0 Å². The molecule has 0 spiro atoms. The average molecular weight is 459 g/mol. The van der Waals surface area contributed by atoms with Crippen molar-refractivity contribution in [1.29, 1.82) is 0 Å². The molecule has 3 N–H and O–H groups in total. The molecule has 34 heavy (non-hydrogen) atoms. The maximum atomic E-state index is 11.9. The highest BCUT2D eigenvalue weighted by atomic mass is 16.5. The quantitative estimate of drug-likeness (QED) is 0.337. The fraction of sp³-hybridized carbons (Fsp3) is 0.185. The molecule has 0 aliphatic carbocycles. The predicted octanol–water partition coefficient (Wildman–Crippen LogP) is 5.52. The molecule has 0 atom stereocenters. The van der Waals surface area contributed by atoms with Crippen molar-refractivity contribution in [3.63, 3.8) is 0 Å². The molecule has 0 unspecified atom stereocenters. The fourth-order valence-corrected chi connectivity index (χ4v) is 4.04. The van der Waals surface area contributed by atoms with Gasteiger partial charge in [0.05, 0.1) is 24.1 Å². The summed E-state index contributed by atoms with van der Waals surface area (Å²) in [7, 11) is 1.42. The molecule has 0 radical (unpaired) electrons. The molecule has 0 fully saturated rings. The Bertz CT molecular complexity index is 1360. The topological polar surface area (TPSA) is 105 Å². The average Bonchev–Trinajstić information content (AvgIpc) is 3.17. The van der Waals surface area contributed by atoms with Crippen molar-refractivity contribution in [1.82, 2.24) is 9.55 Å². The third-order valence-corrected chi connectivity index (χ3v) is 5.55. The molecule has 7 nitrogen and oxygen atoms in total. The summed E-state index contributed by atoms with van der Waals surface area (Å²) in [5, 5.41) is 31.0. The fourth-order valence-electron chi connectivity index (χ4n) is 4.04. The molecule has 3 aromatic carbocycles. The van der Waals surface area contributed by atoms with E-state index in [9.17, 15) is 20.1 Å². The number of phenols is 2. The van der Waals surface area contributed by atoms with Gasteiger partial charge in [0.2, 0.25) is 0 Å². The van der Waals surface area contributed by atoms with E-state index in [-0.39, 0.29) is 28.7 Å². The van der Waals surface area contributed by atoms with Gasteiger partial charge < -0.3 is 20.1 Å². The summed E-state index contributed by atoms with van der Waals surface area (Å²) >= 11 is 0. The number of phenolic OH excluding ortho intramolecular Hbond substituents is 2. The van der Waals surface area contributed by atoms with Crippen LogP contribution in [0.1, 0.15) is 29.9 Å². The minimum Gasteiger partial charge on any atom is -0.507 e. The first-order valence-corrected chi connectivity index (χ1v) is 10.9. The highest BCUT2D eigenvalue weighted by molar-refractivity contribution is 5.92. The lowest BCUT2D eigenvalue weighted by atomic mass is 10.0. The molecular weight excluding hydrogens is 432 g/mol. The van der Waals surface area contributed by atoms with Crippen LogP contribution in [0.3, 0.4) is 0 Å². The number of aromatic nitrogens is 2. The van der Waals surface area contributed by atoms with Crippen LogP contribution in [0.25, 0.3) is 28.3 Å². The monoisotopic (exact) mass is 458 g/mol. The van der Waals surface area contributed by atoms with Crippen LogP contribution in [0.4, 0.5) is 0 Å². The van der Waals surface area contributed by atoms with Gasteiger partial charge in [-0.3, -0.25) is 4.57 Å². The van der Waals surface area contributed by atoms with E-state index >= 15 is 0 Å². The lowest BCUT2D eigenvalue weighted by Crippen LogP contribution is -2.08. The lowest BCUT2D eigenvalue weighted by molar-refractivity contribution is 0.0693. The van der Waals surface area contributed by atoms with E-state index in [2.05, 4.69) is 13.8 Å². The van der Waals surface area contributed by atoms with Crippen LogP contribution in [0.5, 0.6) is 17.2 Å². The van der Waals surface area contributed by atoms with E-state index < -0.39 is 5.97 Å². The van der Waals surface area contributed by atoms with E-state index in [0.717, 1.165) is 5.69 Å². The van der Waals surface area contributed by atoms with Crippen molar-refractivity contribution in [2.45, 2.75) is 20.3 Å². The molecule has 4 aromatic rings. The molecule has 0 saturated heterocycles. The first kappa shape index (κ1) is 22.9. The van der Waals surface area contributed by atoms with E-state index in [1.165, 1.54) is 13.2 Å². The summed E-state index contributed by atoms with van der Waals surface area (Å²) in [5.41, 5.74) is 2.97. The van der Waals surface area contributed by atoms with Gasteiger partial charge in [-0.25, -0.2) is 9.78 Å². The number of aromatic carboxylic acids is 1. The first-order valence-electron chi connectivity index (χ1n) is 10.9. The van der Waals surface area contributed by atoms with Crippen molar-refractivity contribution in [2.75, 3.05) is 7.11 Å². The number of para-hydroxylation sites is 2. The zero-order valence-corrected chi connectivity index (χ0v) is 19.2. The molecule has 7 heteroatoms. The summed E-state index contributed by atoms with van der Waals surface area (Å²) < 4.78 is 7.09. The van der Waals surface area contributed by atoms with Crippen molar-refractivity contribution in [3.05, 3.63) is 78.0 Å². The van der Waals surface area contributed by atoms with Crippen molar-refractivity contribution in [3.8, 4) is 45.6 Å². The number of hydrogen-bond acceptors (Lipinski definition) is 5. The number of ether oxygens (including phenoxy) is 1. The second-order valence-corrected chi connectivity index (χ2v) is 8.39. The van der Waals surface area contributed by atoms with Gasteiger partial charge in [-0.1, -0.05) is 38.1 Å².